The summed E-state index contributed by atoms with van der Waals surface area (Å²) < 4.78 is 29.9. The van der Waals surface area contributed by atoms with Crippen LogP contribution in [0.1, 0.15) is 25.0 Å². The quantitative estimate of drug-likeness (QED) is 0.920. The summed E-state index contributed by atoms with van der Waals surface area (Å²) in [6.45, 7) is 5.96. The predicted molar refractivity (Wildman–Crippen MR) is 71.7 cm³/mol. The molecule has 0 radical (unpaired) electrons. The zero-order valence-corrected chi connectivity index (χ0v) is 12.0. The third kappa shape index (κ3) is 3.76. The van der Waals surface area contributed by atoms with E-state index in [0.717, 1.165) is 11.1 Å². The van der Waals surface area contributed by atoms with Crippen LogP contribution in [0.2, 0.25) is 0 Å². The van der Waals surface area contributed by atoms with E-state index in [1.807, 2.05) is 6.92 Å². The summed E-state index contributed by atoms with van der Waals surface area (Å²) in [6.07, 6.45) is -1.81. The lowest BCUT2D eigenvalue weighted by atomic mass is 10.1. The second-order valence-corrected chi connectivity index (χ2v) is 5.16. The van der Waals surface area contributed by atoms with Crippen LogP contribution in [0, 0.1) is 12.7 Å². The van der Waals surface area contributed by atoms with Crippen molar-refractivity contribution in [3.8, 4) is 0 Å². The third-order valence-corrected chi connectivity index (χ3v) is 3.45. The Labute approximate surface area is 118 Å². The summed E-state index contributed by atoms with van der Waals surface area (Å²) in [5.41, 5.74) is 1.75. The SMILES string of the molecule is Cc1ccc(F)cc1CO[C@@H]1CO[C@H](C)O[C@@H]1C(C)O. The lowest BCUT2D eigenvalue weighted by Gasteiger charge is -2.36. The van der Waals surface area contributed by atoms with Crippen LogP contribution in [0.4, 0.5) is 4.39 Å². The average Bonchev–Trinajstić information content (AvgIpc) is 2.40. The molecule has 4 atom stereocenters. The number of aliphatic hydroxyl groups is 1. The van der Waals surface area contributed by atoms with E-state index in [9.17, 15) is 9.50 Å². The summed E-state index contributed by atoms with van der Waals surface area (Å²) >= 11 is 0. The molecule has 1 aromatic carbocycles. The summed E-state index contributed by atoms with van der Waals surface area (Å²) in [6, 6.07) is 4.60. The normalized spacial score (nSPS) is 28.4. The molecular formula is C15H21FO4. The van der Waals surface area contributed by atoms with Gasteiger partial charge in [0.25, 0.3) is 0 Å². The van der Waals surface area contributed by atoms with Gasteiger partial charge < -0.3 is 19.3 Å². The number of rotatable bonds is 4. The van der Waals surface area contributed by atoms with Gasteiger partial charge in [0.1, 0.15) is 18.0 Å². The molecule has 1 aromatic rings. The Morgan fingerprint density at radius 3 is 2.95 bits per heavy atom. The molecule has 1 aliphatic rings. The second kappa shape index (κ2) is 6.63. The van der Waals surface area contributed by atoms with Crippen LogP contribution in [0.5, 0.6) is 0 Å². The predicted octanol–water partition coefficient (Wildman–Crippen LogP) is 2.16. The molecule has 1 unspecified atom stereocenters. The molecular weight excluding hydrogens is 263 g/mol. The van der Waals surface area contributed by atoms with Crippen molar-refractivity contribution in [3.05, 3.63) is 35.1 Å². The van der Waals surface area contributed by atoms with Gasteiger partial charge in [-0.15, -0.1) is 0 Å². The molecule has 5 heteroatoms. The highest BCUT2D eigenvalue weighted by atomic mass is 19.1. The first-order valence-corrected chi connectivity index (χ1v) is 6.79. The number of benzene rings is 1. The smallest absolute Gasteiger partial charge is 0.155 e. The highest BCUT2D eigenvalue weighted by Gasteiger charge is 2.34. The van der Waals surface area contributed by atoms with Crippen LogP contribution in [0.15, 0.2) is 18.2 Å². The molecule has 20 heavy (non-hydrogen) atoms. The van der Waals surface area contributed by atoms with Crippen LogP contribution < -0.4 is 0 Å². The van der Waals surface area contributed by atoms with E-state index in [0.29, 0.717) is 6.61 Å². The molecule has 1 N–H and O–H groups in total. The number of ether oxygens (including phenoxy) is 3. The van der Waals surface area contributed by atoms with Crippen LogP contribution in [-0.2, 0) is 20.8 Å². The molecule has 2 rings (SSSR count). The van der Waals surface area contributed by atoms with Crippen molar-refractivity contribution in [1.29, 1.82) is 0 Å². The van der Waals surface area contributed by atoms with Crippen LogP contribution in [0.3, 0.4) is 0 Å². The van der Waals surface area contributed by atoms with Crippen molar-refractivity contribution in [2.45, 2.75) is 52.0 Å². The Kier molecular flexibility index (Phi) is 5.10. The summed E-state index contributed by atoms with van der Waals surface area (Å²) in [5, 5.41) is 9.74. The molecule has 112 valence electrons. The zero-order chi connectivity index (χ0) is 14.7. The highest BCUT2D eigenvalue weighted by molar-refractivity contribution is 5.25. The maximum absolute atomic E-state index is 13.2. The van der Waals surface area contributed by atoms with E-state index >= 15 is 0 Å². The monoisotopic (exact) mass is 284 g/mol. The second-order valence-electron chi connectivity index (χ2n) is 5.16. The zero-order valence-electron chi connectivity index (χ0n) is 12.0. The van der Waals surface area contributed by atoms with Crippen LogP contribution in [-0.4, -0.2) is 36.3 Å². The number of hydrogen-bond donors (Lipinski definition) is 1. The molecule has 1 saturated heterocycles. The summed E-state index contributed by atoms with van der Waals surface area (Å²) in [5.74, 6) is -0.286. The van der Waals surface area contributed by atoms with E-state index in [-0.39, 0.29) is 24.8 Å². The molecule has 0 saturated carbocycles. The Morgan fingerprint density at radius 2 is 2.25 bits per heavy atom. The number of hydrogen-bond acceptors (Lipinski definition) is 4. The van der Waals surface area contributed by atoms with Crippen molar-refractivity contribution >= 4 is 0 Å². The standard InChI is InChI=1S/C15H21FO4/c1-9-4-5-13(16)6-12(9)7-19-14-8-18-11(3)20-15(14)10(2)17/h4-6,10-11,14-15,17H,7-8H2,1-3H3/t10?,11-,14+,15+/m0/s1. The summed E-state index contributed by atoms with van der Waals surface area (Å²) in [7, 11) is 0. The maximum Gasteiger partial charge on any atom is 0.155 e. The van der Waals surface area contributed by atoms with Gasteiger partial charge in [-0.05, 0) is 44.0 Å². The highest BCUT2D eigenvalue weighted by Crippen LogP contribution is 2.21. The first-order valence-electron chi connectivity index (χ1n) is 6.79. The first-order chi connectivity index (χ1) is 9.47. The first kappa shape index (κ1) is 15.4. The van der Waals surface area contributed by atoms with Crippen LogP contribution >= 0.6 is 0 Å². The van der Waals surface area contributed by atoms with Gasteiger partial charge in [-0.1, -0.05) is 6.07 Å². The van der Waals surface area contributed by atoms with Gasteiger partial charge >= 0.3 is 0 Å². The molecule has 1 heterocycles. The van der Waals surface area contributed by atoms with Crippen LogP contribution in [0.25, 0.3) is 0 Å². The fourth-order valence-electron chi connectivity index (χ4n) is 2.23. The molecule has 0 bridgehead atoms. The van der Waals surface area contributed by atoms with Crippen molar-refractivity contribution < 1.29 is 23.7 Å². The van der Waals surface area contributed by atoms with E-state index in [4.69, 9.17) is 14.2 Å². The number of aliphatic hydroxyl groups excluding tert-OH is 1. The van der Waals surface area contributed by atoms with E-state index in [1.165, 1.54) is 12.1 Å². The molecule has 0 aliphatic carbocycles. The van der Waals surface area contributed by atoms with Gasteiger partial charge in [-0.25, -0.2) is 4.39 Å². The third-order valence-electron chi connectivity index (χ3n) is 3.45. The number of halogens is 1. The van der Waals surface area contributed by atoms with Gasteiger partial charge in [0.05, 0.1) is 19.3 Å². The lowest BCUT2D eigenvalue weighted by molar-refractivity contribution is -0.273. The minimum absolute atomic E-state index is 0.262. The lowest BCUT2D eigenvalue weighted by Crippen LogP contribution is -2.49. The van der Waals surface area contributed by atoms with Crippen molar-refractivity contribution in [2.75, 3.05) is 6.61 Å². The molecule has 0 aromatic heterocycles. The Bertz CT molecular complexity index is 449. The number of aryl methyl sites for hydroxylation is 1. The Morgan fingerprint density at radius 1 is 1.50 bits per heavy atom. The van der Waals surface area contributed by atoms with E-state index < -0.39 is 12.2 Å². The molecule has 4 nitrogen and oxygen atoms in total. The summed E-state index contributed by atoms with van der Waals surface area (Å²) in [4.78, 5) is 0. The van der Waals surface area contributed by atoms with Gasteiger partial charge in [0.2, 0.25) is 0 Å². The van der Waals surface area contributed by atoms with Crippen molar-refractivity contribution in [1.82, 2.24) is 0 Å². The molecule has 0 amide bonds. The van der Waals surface area contributed by atoms with Gasteiger partial charge in [-0.3, -0.25) is 0 Å². The van der Waals surface area contributed by atoms with E-state index in [2.05, 4.69) is 0 Å². The Balaban J connectivity index is 1.99. The molecule has 1 fully saturated rings. The fourth-order valence-corrected chi connectivity index (χ4v) is 2.23. The average molecular weight is 284 g/mol. The van der Waals surface area contributed by atoms with E-state index in [1.54, 1.807) is 19.9 Å². The Hall–Kier alpha value is -1.01. The van der Waals surface area contributed by atoms with Gasteiger partial charge in [0.15, 0.2) is 6.29 Å². The van der Waals surface area contributed by atoms with Gasteiger partial charge in [-0.2, -0.15) is 0 Å². The topological polar surface area (TPSA) is 47.9 Å². The molecule has 0 spiro atoms. The maximum atomic E-state index is 13.2. The van der Waals surface area contributed by atoms with Gasteiger partial charge in [0, 0.05) is 0 Å². The minimum atomic E-state index is -0.653. The minimum Gasteiger partial charge on any atom is -0.391 e. The molecule has 1 aliphatic heterocycles. The fraction of sp³-hybridized carbons (Fsp3) is 0.600. The van der Waals surface area contributed by atoms with Crippen molar-refractivity contribution in [3.63, 3.8) is 0 Å². The van der Waals surface area contributed by atoms with Crippen molar-refractivity contribution in [2.24, 2.45) is 0 Å². The largest absolute Gasteiger partial charge is 0.391 e.